The van der Waals surface area contributed by atoms with Crippen molar-refractivity contribution in [1.29, 1.82) is 0 Å². The summed E-state index contributed by atoms with van der Waals surface area (Å²) < 4.78 is 21.2. The Morgan fingerprint density at radius 2 is 1.93 bits per heavy atom. The molecule has 29 heavy (non-hydrogen) atoms. The van der Waals surface area contributed by atoms with Gasteiger partial charge in [0.05, 0.1) is 0 Å². The van der Waals surface area contributed by atoms with Crippen LogP contribution in [0.15, 0.2) is 79.1 Å². The monoisotopic (exact) mass is 389 g/mol. The molecule has 0 aliphatic heterocycles. The second kappa shape index (κ2) is 8.14. The van der Waals surface area contributed by atoms with Crippen LogP contribution in [0.2, 0.25) is 0 Å². The number of benzene rings is 3. The van der Waals surface area contributed by atoms with Gasteiger partial charge in [0.15, 0.2) is 6.61 Å². The van der Waals surface area contributed by atoms with Gasteiger partial charge in [-0.3, -0.25) is 4.79 Å². The summed E-state index contributed by atoms with van der Waals surface area (Å²) in [6.45, 7) is -0.158. The van der Waals surface area contributed by atoms with Crippen LogP contribution in [0.3, 0.4) is 0 Å². The minimum atomic E-state index is -0.585. The van der Waals surface area contributed by atoms with E-state index in [1.807, 2.05) is 49.5 Å². The molecule has 1 amide bonds. The summed E-state index contributed by atoms with van der Waals surface area (Å²) >= 11 is 0. The Hall–Kier alpha value is -3.67. The van der Waals surface area contributed by atoms with Crippen molar-refractivity contribution in [1.82, 2.24) is 14.9 Å². The minimum Gasteiger partial charge on any atom is -0.484 e. The number of ether oxygens (including phenoxy) is 1. The Kier molecular flexibility index (Phi) is 5.24. The van der Waals surface area contributed by atoms with Crippen LogP contribution >= 0.6 is 0 Å². The smallest absolute Gasteiger partial charge is 0.258 e. The summed E-state index contributed by atoms with van der Waals surface area (Å²) in [5, 5.41) is 5.04. The second-order valence-corrected chi connectivity index (χ2v) is 6.75. The molecule has 0 aliphatic rings. The molecule has 0 bridgehead atoms. The molecule has 1 unspecified atom stereocenters. The van der Waals surface area contributed by atoms with E-state index in [2.05, 4.69) is 10.3 Å². The number of imidazole rings is 1. The maximum absolute atomic E-state index is 13.7. The second-order valence-electron chi connectivity index (χ2n) is 6.75. The first-order chi connectivity index (χ1) is 14.1. The molecule has 0 saturated carbocycles. The molecule has 1 aromatic heterocycles. The number of aryl methyl sites for hydroxylation is 1. The molecular formula is C23H20FN3O2. The lowest BCUT2D eigenvalue weighted by Crippen LogP contribution is -2.34. The van der Waals surface area contributed by atoms with Crippen LogP contribution in [0, 0.1) is 5.82 Å². The highest BCUT2D eigenvalue weighted by atomic mass is 19.1. The summed E-state index contributed by atoms with van der Waals surface area (Å²) in [6.07, 6.45) is 3.42. The number of halogens is 1. The quantitative estimate of drug-likeness (QED) is 0.542. The predicted molar refractivity (Wildman–Crippen MR) is 109 cm³/mol. The molecule has 3 aromatic carbocycles. The van der Waals surface area contributed by atoms with Crippen molar-refractivity contribution in [3.8, 4) is 5.75 Å². The molecule has 0 fully saturated rings. The highest BCUT2D eigenvalue weighted by molar-refractivity contribution is 5.84. The van der Waals surface area contributed by atoms with Gasteiger partial charge < -0.3 is 14.6 Å². The maximum atomic E-state index is 13.7. The largest absolute Gasteiger partial charge is 0.484 e. The van der Waals surface area contributed by atoms with Crippen LogP contribution in [0.1, 0.15) is 17.4 Å². The van der Waals surface area contributed by atoms with E-state index in [0.717, 1.165) is 10.8 Å². The van der Waals surface area contributed by atoms with E-state index in [1.54, 1.807) is 29.1 Å². The zero-order valence-corrected chi connectivity index (χ0v) is 15.9. The number of fused-ring (bicyclic) bond motifs is 1. The molecule has 1 N–H and O–H groups in total. The maximum Gasteiger partial charge on any atom is 0.258 e. The van der Waals surface area contributed by atoms with E-state index in [-0.39, 0.29) is 18.3 Å². The lowest BCUT2D eigenvalue weighted by molar-refractivity contribution is -0.123. The van der Waals surface area contributed by atoms with E-state index in [1.165, 1.54) is 12.1 Å². The van der Waals surface area contributed by atoms with E-state index >= 15 is 0 Å². The van der Waals surface area contributed by atoms with Crippen LogP contribution in [0.5, 0.6) is 5.75 Å². The molecule has 1 atom stereocenters. The summed E-state index contributed by atoms with van der Waals surface area (Å²) in [7, 11) is 1.83. The number of aromatic nitrogens is 2. The summed E-state index contributed by atoms with van der Waals surface area (Å²) in [6, 6.07) is 19.1. The Bertz CT molecular complexity index is 1160. The van der Waals surface area contributed by atoms with Gasteiger partial charge in [-0.25, -0.2) is 9.37 Å². The fourth-order valence-electron chi connectivity index (χ4n) is 3.25. The van der Waals surface area contributed by atoms with Crippen molar-refractivity contribution < 1.29 is 13.9 Å². The number of carbonyl (C=O) groups is 1. The van der Waals surface area contributed by atoms with Crippen molar-refractivity contribution >= 4 is 16.7 Å². The van der Waals surface area contributed by atoms with E-state index < -0.39 is 6.04 Å². The van der Waals surface area contributed by atoms with E-state index in [0.29, 0.717) is 17.1 Å². The van der Waals surface area contributed by atoms with Gasteiger partial charge in [0.2, 0.25) is 0 Å². The average molecular weight is 389 g/mol. The molecule has 6 heteroatoms. The number of nitrogens with one attached hydrogen (secondary N) is 1. The van der Waals surface area contributed by atoms with E-state index in [4.69, 9.17) is 4.74 Å². The van der Waals surface area contributed by atoms with Gasteiger partial charge >= 0.3 is 0 Å². The minimum absolute atomic E-state index is 0.158. The van der Waals surface area contributed by atoms with Crippen molar-refractivity contribution in [2.24, 2.45) is 7.05 Å². The van der Waals surface area contributed by atoms with Crippen molar-refractivity contribution in [3.63, 3.8) is 0 Å². The predicted octanol–water partition coefficient (Wildman–Crippen LogP) is 4.00. The van der Waals surface area contributed by atoms with Crippen molar-refractivity contribution in [2.45, 2.75) is 6.04 Å². The Morgan fingerprint density at radius 1 is 1.10 bits per heavy atom. The number of rotatable bonds is 6. The lowest BCUT2D eigenvalue weighted by Gasteiger charge is -2.19. The van der Waals surface area contributed by atoms with Crippen LogP contribution in [-0.4, -0.2) is 22.1 Å². The van der Waals surface area contributed by atoms with Crippen LogP contribution in [0.25, 0.3) is 10.8 Å². The molecule has 0 spiro atoms. The van der Waals surface area contributed by atoms with Crippen LogP contribution in [-0.2, 0) is 11.8 Å². The molecule has 0 aliphatic carbocycles. The summed E-state index contributed by atoms with van der Waals surface area (Å²) in [4.78, 5) is 16.9. The van der Waals surface area contributed by atoms with Gasteiger partial charge in [-0.05, 0) is 40.6 Å². The zero-order valence-electron chi connectivity index (χ0n) is 15.9. The highest BCUT2D eigenvalue weighted by Crippen LogP contribution is 2.22. The molecule has 4 rings (SSSR count). The average Bonchev–Trinajstić information content (AvgIpc) is 3.16. The normalized spacial score (nSPS) is 11.9. The topological polar surface area (TPSA) is 56.2 Å². The fourth-order valence-corrected chi connectivity index (χ4v) is 3.25. The molecule has 4 aromatic rings. The number of nitrogens with zero attached hydrogens (tertiary/aromatic N) is 2. The fraction of sp³-hybridized carbons (Fsp3) is 0.130. The SMILES string of the molecule is Cn1ccnc1C(NC(=O)COc1ccc2ccccc2c1)c1cccc(F)c1. The Labute approximate surface area is 167 Å². The van der Waals surface area contributed by atoms with Gasteiger partial charge in [0, 0.05) is 19.4 Å². The van der Waals surface area contributed by atoms with Gasteiger partial charge in [-0.1, -0.05) is 42.5 Å². The third-order valence-corrected chi connectivity index (χ3v) is 4.69. The van der Waals surface area contributed by atoms with Crippen molar-refractivity contribution in [2.75, 3.05) is 6.61 Å². The number of hydrogen-bond acceptors (Lipinski definition) is 3. The van der Waals surface area contributed by atoms with Gasteiger partial charge in [0.1, 0.15) is 23.4 Å². The number of carbonyl (C=O) groups excluding carboxylic acids is 1. The first-order valence-electron chi connectivity index (χ1n) is 9.24. The molecule has 1 heterocycles. The molecule has 146 valence electrons. The first-order valence-corrected chi connectivity index (χ1v) is 9.24. The Morgan fingerprint density at radius 3 is 2.69 bits per heavy atom. The van der Waals surface area contributed by atoms with Crippen molar-refractivity contribution in [3.05, 3.63) is 96.3 Å². The Balaban J connectivity index is 1.49. The summed E-state index contributed by atoms with van der Waals surface area (Å²) in [5.74, 6) is 0.520. The molecule has 0 radical (unpaired) electrons. The third kappa shape index (κ3) is 4.27. The lowest BCUT2D eigenvalue weighted by atomic mass is 10.1. The highest BCUT2D eigenvalue weighted by Gasteiger charge is 2.21. The summed E-state index contributed by atoms with van der Waals surface area (Å²) in [5.41, 5.74) is 0.610. The number of hydrogen-bond donors (Lipinski definition) is 1. The van der Waals surface area contributed by atoms with Gasteiger partial charge in [0.25, 0.3) is 5.91 Å². The molecule has 5 nitrogen and oxygen atoms in total. The number of amides is 1. The third-order valence-electron chi connectivity index (χ3n) is 4.69. The molecule has 0 saturated heterocycles. The van der Waals surface area contributed by atoms with Gasteiger partial charge in [-0.2, -0.15) is 0 Å². The first kappa shape index (κ1) is 18.7. The van der Waals surface area contributed by atoms with Crippen LogP contribution in [0.4, 0.5) is 4.39 Å². The zero-order chi connectivity index (χ0) is 20.2. The van der Waals surface area contributed by atoms with E-state index in [9.17, 15) is 9.18 Å². The molecular weight excluding hydrogens is 369 g/mol. The van der Waals surface area contributed by atoms with Crippen LogP contribution < -0.4 is 10.1 Å². The standard InChI is InChI=1S/C23H20FN3O2/c1-27-12-11-25-23(27)22(18-7-4-8-19(24)13-18)26-21(28)15-29-20-10-9-16-5-2-3-6-17(16)14-20/h2-14,22H,15H2,1H3,(H,26,28). The van der Waals surface area contributed by atoms with Gasteiger partial charge in [-0.15, -0.1) is 0 Å².